The minimum Gasteiger partial charge on any atom is -0.396 e. The highest BCUT2D eigenvalue weighted by atomic mass is 16.3. The van der Waals surface area contributed by atoms with E-state index in [1.165, 1.54) is 5.56 Å². The molecule has 0 aliphatic carbocycles. The molecular formula is C15H22N4O. The van der Waals surface area contributed by atoms with Crippen molar-refractivity contribution < 1.29 is 5.11 Å². The van der Waals surface area contributed by atoms with Gasteiger partial charge in [0.15, 0.2) is 0 Å². The lowest BCUT2D eigenvalue weighted by molar-refractivity contribution is 0.276. The maximum atomic E-state index is 8.79. The van der Waals surface area contributed by atoms with E-state index in [0.717, 1.165) is 12.1 Å². The van der Waals surface area contributed by atoms with E-state index in [4.69, 9.17) is 5.11 Å². The van der Waals surface area contributed by atoms with E-state index in [-0.39, 0.29) is 6.61 Å². The Morgan fingerprint density at radius 1 is 1.30 bits per heavy atom. The Morgan fingerprint density at radius 3 is 2.80 bits per heavy atom. The van der Waals surface area contributed by atoms with Crippen molar-refractivity contribution in [1.29, 1.82) is 0 Å². The van der Waals surface area contributed by atoms with E-state index in [1.54, 1.807) is 4.68 Å². The molecule has 0 aliphatic rings. The molecule has 5 nitrogen and oxygen atoms in total. The first-order chi connectivity index (χ1) is 9.83. The van der Waals surface area contributed by atoms with Gasteiger partial charge >= 0.3 is 0 Å². The van der Waals surface area contributed by atoms with Crippen LogP contribution in [0.15, 0.2) is 36.5 Å². The largest absolute Gasteiger partial charge is 0.396 e. The fraction of sp³-hybridized carbons (Fsp3) is 0.467. The lowest BCUT2D eigenvalue weighted by atomic mass is 10.0. The van der Waals surface area contributed by atoms with Crippen molar-refractivity contribution in [3.8, 4) is 0 Å². The van der Waals surface area contributed by atoms with Crippen molar-refractivity contribution >= 4 is 0 Å². The van der Waals surface area contributed by atoms with Crippen molar-refractivity contribution in [2.24, 2.45) is 0 Å². The quantitative estimate of drug-likeness (QED) is 0.772. The molecule has 0 spiro atoms. The topological polar surface area (TPSA) is 63.0 Å². The van der Waals surface area contributed by atoms with Crippen molar-refractivity contribution in [3.05, 3.63) is 47.8 Å². The number of nitrogens with one attached hydrogen (secondary N) is 1. The van der Waals surface area contributed by atoms with Crippen LogP contribution in [0.3, 0.4) is 0 Å². The second kappa shape index (κ2) is 7.77. The van der Waals surface area contributed by atoms with Crippen LogP contribution in [-0.2, 0) is 13.1 Å². The van der Waals surface area contributed by atoms with Gasteiger partial charge in [0.25, 0.3) is 0 Å². The summed E-state index contributed by atoms with van der Waals surface area (Å²) in [7, 11) is 0. The molecule has 0 saturated heterocycles. The lowest BCUT2D eigenvalue weighted by Crippen LogP contribution is -2.20. The van der Waals surface area contributed by atoms with Gasteiger partial charge in [0.1, 0.15) is 0 Å². The molecule has 0 saturated carbocycles. The van der Waals surface area contributed by atoms with Gasteiger partial charge < -0.3 is 10.4 Å². The van der Waals surface area contributed by atoms with E-state index in [1.807, 2.05) is 12.3 Å². The second-order valence-electron chi connectivity index (χ2n) is 4.80. The Hall–Kier alpha value is -1.72. The Labute approximate surface area is 119 Å². The zero-order valence-electron chi connectivity index (χ0n) is 11.9. The van der Waals surface area contributed by atoms with Crippen LogP contribution in [0.4, 0.5) is 0 Å². The van der Waals surface area contributed by atoms with E-state index >= 15 is 0 Å². The molecule has 0 radical (unpaired) electrons. The smallest absolute Gasteiger partial charge is 0.0965 e. The molecule has 1 aromatic carbocycles. The molecule has 20 heavy (non-hydrogen) atoms. The first-order valence-corrected chi connectivity index (χ1v) is 7.11. The lowest BCUT2D eigenvalue weighted by Gasteiger charge is -2.16. The summed E-state index contributed by atoms with van der Waals surface area (Å²) in [5.41, 5.74) is 2.22. The number of rotatable bonds is 8. The molecule has 0 fully saturated rings. The number of aliphatic hydroxyl groups is 1. The molecule has 1 atom stereocenters. The summed E-state index contributed by atoms with van der Waals surface area (Å²) >= 11 is 0. The van der Waals surface area contributed by atoms with Gasteiger partial charge in [-0.1, -0.05) is 42.5 Å². The zero-order valence-corrected chi connectivity index (χ0v) is 11.9. The fourth-order valence-electron chi connectivity index (χ4n) is 2.17. The van der Waals surface area contributed by atoms with E-state index in [0.29, 0.717) is 25.6 Å². The normalized spacial score (nSPS) is 12.5. The first kappa shape index (κ1) is 14.7. The summed E-state index contributed by atoms with van der Waals surface area (Å²) in [6, 6.07) is 10.8. The number of aromatic nitrogens is 3. The summed E-state index contributed by atoms with van der Waals surface area (Å²) < 4.78 is 1.77. The predicted molar refractivity (Wildman–Crippen MR) is 78.0 cm³/mol. The van der Waals surface area contributed by atoms with Crippen molar-refractivity contribution in [2.75, 3.05) is 6.61 Å². The third-order valence-corrected chi connectivity index (χ3v) is 3.27. The highest BCUT2D eigenvalue weighted by molar-refractivity contribution is 5.18. The number of hydrogen-bond donors (Lipinski definition) is 2. The molecule has 5 heteroatoms. The Balaban J connectivity index is 1.88. The molecule has 108 valence electrons. The van der Waals surface area contributed by atoms with E-state index in [9.17, 15) is 0 Å². The average molecular weight is 274 g/mol. The maximum Gasteiger partial charge on any atom is 0.0965 e. The van der Waals surface area contributed by atoms with Gasteiger partial charge in [-0.2, -0.15) is 0 Å². The SMILES string of the molecule is CCC(NCc1cn(CCCO)nn1)c1ccccc1. The highest BCUT2D eigenvalue weighted by Crippen LogP contribution is 2.16. The van der Waals surface area contributed by atoms with Crippen LogP contribution in [0.5, 0.6) is 0 Å². The predicted octanol–water partition coefficient (Wildman–Crippen LogP) is 1.90. The first-order valence-electron chi connectivity index (χ1n) is 7.11. The molecule has 1 aromatic heterocycles. The zero-order chi connectivity index (χ0) is 14.2. The van der Waals surface area contributed by atoms with Gasteiger partial charge in [-0.15, -0.1) is 5.10 Å². The Bertz CT molecular complexity index is 498. The Kier molecular flexibility index (Phi) is 5.70. The van der Waals surface area contributed by atoms with Crippen LogP contribution in [0.1, 0.15) is 37.1 Å². The van der Waals surface area contributed by atoms with Gasteiger partial charge in [0.2, 0.25) is 0 Å². The van der Waals surface area contributed by atoms with Crippen LogP contribution in [0.2, 0.25) is 0 Å². The van der Waals surface area contributed by atoms with Crippen LogP contribution < -0.4 is 5.32 Å². The molecule has 0 amide bonds. The van der Waals surface area contributed by atoms with Crippen LogP contribution in [-0.4, -0.2) is 26.7 Å². The summed E-state index contributed by atoms with van der Waals surface area (Å²) in [5, 5.41) is 20.5. The molecule has 2 aromatic rings. The number of aryl methyl sites for hydroxylation is 1. The van der Waals surface area contributed by atoms with Gasteiger partial charge in [-0.25, -0.2) is 0 Å². The fourth-order valence-corrected chi connectivity index (χ4v) is 2.17. The van der Waals surface area contributed by atoms with E-state index in [2.05, 4.69) is 46.8 Å². The number of nitrogens with zero attached hydrogens (tertiary/aromatic N) is 3. The van der Waals surface area contributed by atoms with Gasteiger partial charge in [0.05, 0.1) is 5.69 Å². The molecule has 1 heterocycles. The van der Waals surface area contributed by atoms with Gasteiger partial charge in [0, 0.05) is 31.9 Å². The van der Waals surface area contributed by atoms with Crippen LogP contribution >= 0.6 is 0 Å². The molecule has 0 bridgehead atoms. The molecule has 1 unspecified atom stereocenters. The molecule has 0 aliphatic heterocycles. The Morgan fingerprint density at radius 2 is 2.10 bits per heavy atom. The molecule has 2 N–H and O–H groups in total. The third-order valence-electron chi connectivity index (χ3n) is 3.27. The summed E-state index contributed by atoms with van der Waals surface area (Å²) in [5.74, 6) is 0. The van der Waals surface area contributed by atoms with Crippen LogP contribution in [0.25, 0.3) is 0 Å². The summed E-state index contributed by atoms with van der Waals surface area (Å²) in [6.07, 6.45) is 3.67. The van der Waals surface area contributed by atoms with Crippen LogP contribution in [0, 0.1) is 0 Å². The van der Waals surface area contributed by atoms with Crippen molar-refractivity contribution in [1.82, 2.24) is 20.3 Å². The number of benzene rings is 1. The maximum absolute atomic E-state index is 8.79. The van der Waals surface area contributed by atoms with Crippen molar-refractivity contribution in [2.45, 2.75) is 38.9 Å². The highest BCUT2D eigenvalue weighted by Gasteiger charge is 2.09. The third kappa shape index (κ3) is 4.15. The molecule has 2 rings (SSSR count). The summed E-state index contributed by atoms with van der Waals surface area (Å²) in [6.45, 7) is 3.76. The minimum absolute atomic E-state index is 0.180. The molecular weight excluding hydrogens is 252 g/mol. The monoisotopic (exact) mass is 274 g/mol. The number of aliphatic hydroxyl groups excluding tert-OH is 1. The van der Waals surface area contributed by atoms with E-state index < -0.39 is 0 Å². The summed E-state index contributed by atoms with van der Waals surface area (Å²) in [4.78, 5) is 0. The second-order valence-corrected chi connectivity index (χ2v) is 4.80. The number of hydrogen-bond acceptors (Lipinski definition) is 4. The van der Waals surface area contributed by atoms with Crippen molar-refractivity contribution in [3.63, 3.8) is 0 Å². The average Bonchev–Trinajstić information content (AvgIpc) is 2.95. The van der Waals surface area contributed by atoms with Gasteiger partial charge in [-0.05, 0) is 18.4 Å². The standard InChI is InChI=1S/C15H22N4O/c1-2-15(13-7-4-3-5-8-13)16-11-14-12-19(18-17-14)9-6-10-20/h3-5,7-8,12,15-16,20H,2,6,9-11H2,1H3. The minimum atomic E-state index is 0.180. The van der Waals surface area contributed by atoms with Gasteiger partial charge in [-0.3, -0.25) is 4.68 Å².